The number of hydrogen-bond donors (Lipinski definition) is 1. The lowest BCUT2D eigenvalue weighted by atomic mass is 10.0. The maximum atomic E-state index is 5.07. The summed E-state index contributed by atoms with van der Waals surface area (Å²) in [7, 11) is 1.65. The van der Waals surface area contributed by atoms with E-state index < -0.39 is 0 Å². The number of methoxy groups -OCH3 is 1. The van der Waals surface area contributed by atoms with Gasteiger partial charge >= 0.3 is 0 Å². The molecular weight excluding hydrogens is 164 g/mol. The number of hydrogen-bond acceptors (Lipinski definition) is 3. The summed E-state index contributed by atoms with van der Waals surface area (Å²) in [6, 6.07) is 4.49. The quantitative estimate of drug-likeness (QED) is 0.712. The van der Waals surface area contributed by atoms with Crippen LogP contribution in [0, 0.1) is 0 Å². The van der Waals surface area contributed by atoms with E-state index in [9.17, 15) is 0 Å². The van der Waals surface area contributed by atoms with Gasteiger partial charge in [-0.05, 0) is 25.8 Å². The van der Waals surface area contributed by atoms with Crippen molar-refractivity contribution < 1.29 is 4.74 Å². The molecule has 0 amide bonds. The molecule has 0 fully saturated rings. The third kappa shape index (κ3) is 1.59. The summed E-state index contributed by atoms with van der Waals surface area (Å²) < 4.78 is 5.07. The Balaban J connectivity index is 2.31. The molecule has 0 unspecified atom stereocenters. The highest BCUT2D eigenvalue weighted by Crippen LogP contribution is 2.24. The summed E-state index contributed by atoms with van der Waals surface area (Å²) in [4.78, 5) is 4.38. The van der Waals surface area contributed by atoms with Gasteiger partial charge in [-0.1, -0.05) is 0 Å². The van der Waals surface area contributed by atoms with Gasteiger partial charge in [0.25, 0.3) is 0 Å². The molecule has 70 valence electrons. The Hall–Kier alpha value is -1.25. The van der Waals surface area contributed by atoms with E-state index >= 15 is 0 Å². The third-order valence-electron chi connectivity index (χ3n) is 2.37. The molecule has 0 spiro atoms. The topological polar surface area (TPSA) is 34.1 Å². The second-order valence-corrected chi connectivity index (χ2v) is 3.43. The zero-order valence-electron chi connectivity index (χ0n) is 8.00. The average molecular weight is 178 g/mol. The molecule has 0 saturated carbocycles. The normalized spacial score (nSPS) is 20.3. The van der Waals surface area contributed by atoms with Crippen LogP contribution in [-0.4, -0.2) is 18.1 Å². The van der Waals surface area contributed by atoms with Gasteiger partial charge in [0.1, 0.15) is 0 Å². The molecule has 3 nitrogen and oxygen atoms in total. The zero-order valence-corrected chi connectivity index (χ0v) is 8.00. The van der Waals surface area contributed by atoms with Crippen LogP contribution in [0.15, 0.2) is 12.1 Å². The molecular formula is C10H14N2O. The zero-order chi connectivity index (χ0) is 9.26. The van der Waals surface area contributed by atoms with E-state index in [1.807, 2.05) is 12.1 Å². The van der Waals surface area contributed by atoms with E-state index in [0.29, 0.717) is 11.9 Å². The summed E-state index contributed by atoms with van der Waals surface area (Å²) in [6.07, 6.45) is 2.19. The van der Waals surface area contributed by atoms with Gasteiger partial charge in [0.05, 0.1) is 18.5 Å². The molecule has 1 atom stereocenters. The van der Waals surface area contributed by atoms with Crippen molar-refractivity contribution in [3.8, 4) is 5.88 Å². The second-order valence-electron chi connectivity index (χ2n) is 3.43. The molecule has 2 heterocycles. The number of anilines is 1. The molecule has 0 aromatic carbocycles. The third-order valence-corrected chi connectivity index (χ3v) is 2.37. The summed E-state index contributed by atoms with van der Waals surface area (Å²) in [5.74, 6) is 0.704. The fraction of sp³-hybridized carbons (Fsp3) is 0.500. The number of pyridine rings is 1. The maximum Gasteiger partial charge on any atom is 0.213 e. The van der Waals surface area contributed by atoms with E-state index in [4.69, 9.17) is 4.74 Å². The average Bonchev–Trinajstić information content (AvgIpc) is 2.17. The predicted octanol–water partition coefficient (Wildman–Crippen LogP) is 1.84. The molecule has 13 heavy (non-hydrogen) atoms. The second kappa shape index (κ2) is 3.24. The minimum Gasteiger partial charge on any atom is -0.481 e. The van der Waals surface area contributed by atoms with Gasteiger partial charge in [-0.3, -0.25) is 0 Å². The first-order chi connectivity index (χ1) is 6.29. The van der Waals surface area contributed by atoms with Crippen molar-refractivity contribution in [3.05, 3.63) is 17.8 Å². The number of aryl methyl sites for hydroxylation is 1. The fourth-order valence-corrected chi connectivity index (χ4v) is 1.61. The Labute approximate surface area is 78.1 Å². The van der Waals surface area contributed by atoms with E-state index in [-0.39, 0.29) is 0 Å². The van der Waals surface area contributed by atoms with Crippen LogP contribution in [0.25, 0.3) is 0 Å². The van der Waals surface area contributed by atoms with Crippen LogP contribution in [0.2, 0.25) is 0 Å². The lowest BCUT2D eigenvalue weighted by molar-refractivity contribution is 0.395. The summed E-state index contributed by atoms with van der Waals surface area (Å²) in [6.45, 7) is 2.19. The predicted molar refractivity (Wildman–Crippen MR) is 52.2 cm³/mol. The van der Waals surface area contributed by atoms with Crippen molar-refractivity contribution in [2.75, 3.05) is 12.4 Å². The maximum absolute atomic E-state index is 5.07. The largest absolute Gasteiger partial charge is 0.481 e. The Kier molecular flexibility index (Phi) is 2.08. The van der Waals surface area contributed by atoms with Gasteiger partial charge in [0.2, 0.25) is 5.88 Å². The summed E-state index contributed by atoms with van der Waals surface area (Å²) in [5, 5.41) is 3.39. The fourth-order valence-electron chi connectivity index (χ4n) is 1.61. The van der Waals surface area contributed by atoms with Crippen molar-refractivity contribution in [3.63, 3.8) is 0 Å². The van der Waals surface area contributed by atoms with Crippen molar-refractivity contribution >= 4 is 5.69 Å². The van der Waals surface area contributed by atoms with E-state index in [1.54, 1.807) is 7.11 Å². The number of ether oxygens (including phenoxy) is 1. The van der Waals surface area contributed by atoms with Crippen LogP contribution in [-0.2, 0) is 6.42 Å². The SMILES string of the molecule is COc1ccc2c(n1)CC[C@@H](C)N2. The van der Waals surface area contributed by atoms with Gasteiger partial charge in [-0.15, -0.1) is 0 Å². The van der Waals surface area contributed by atoms with E-state index in [0.717, 1.165) is 24.2 Å². The molecule has 0 radical (unpaired) electrons. The summed E-state index contributed by atoms with van der Waals surface area (Å²) >= 11 is 0. The first kappa shape index (κ1) is 8.35. The number of rotatable bonds is 1. The van der Waals surface area contributed by atoms with Gasteiger partial charge in [0, 0.05) is 12.1 Å². The lowest BCUT2D eigenvalue weighted by Gasteiger charge is -2.23. The number of nitrogens with one attached hydrogen (secondary N) is 1. The van der Waals surface area contributed by atoms with Gasteiger partial charge in [-0.2, -0.15) is 0 Å². The molecule has 3 heteroatoms. The van der Waals surface area contributed by atoms with Crippen molar-refractivity contribution in [2.24, 2.45) is 0 Å². The van der Waals surface area contributed by atoms with Gasteiger partial charge in [-0.25, -0.2) is 4.98 Å². The van der Waals surface area contributed by atoms with E-state index in [1.165, 1.54) is 0 Å². The monoisotopic (exact) mass is 178 g/mol. The number of fused-ring (bicyclic) bond motifs is 1. The Morgan fingerprint density at radius 1 is 1.54 bits per heavy atom. The first-order valence-corrected chi connectivity index (χ1v) is 4.60. The van der Waals surface area contributed by atoms with E-state index in [2.05, 4.69) is 17.2 Å². The molecule has 1 aromatic heterocycles. The Morgan fingerprint density at radius 3 is 3.15 bits per heavy atom. The summed E-state index contributed by atoms with van der Waals surface area (Å²) in [5.41, 5.74) is 2.28. The number of nitrogens with zero attached hydrogens (tertiary/aromatic N) is 1. The van der Waals surface area contributed by atoms with Crippen molar-refractivity contribution in [2.45, 2.75) is 25.8 Å². The lowest BCUT2D eigenvalue weighted by Crippen LogP contribution is -2.22. The van der Waals surface area contributed by atoms with Gasteiger partial charge < -0.3 is 10.1 Å². The van der Waals surface area contributed by atoms with Crippen molar-refractivity contribution in [1.29, 1.82) is 0 Å². The minimum absolute atomic E-state index is 0.558. The highest BCUT2D eigenvalue weighted by Gasteiger charge is 2.15. The molecule has 0 saturated heterocycles. The highest BCUT2D eigenvalue weighted by molar-refractivity contribution is 5.51. The molecule has 0 bridgehead atoms. The minimum atomic E-state index is 0.558. The Morgan fingerprint density at radius 2 is 2.38 bits per heavy atom. The molecule has 1 N–H and O–H groups in total. The van der Waals surface area contributed by atoms with Crippen LogP contribution >= 0.6 is 0 Å². The molecule has 1 aliphatic heterocycles. The number of aromatic nitrogens is 1. The standard InChI is InChI=1S/C10H14N2O/c1-7-3-4-9-8(11-7)5-6-10(12-9)13-2/h5-7,11H,3-4H2,1-2H3/t7-/m1/s1. The highest BCUT2D eigenvalue weighted by atomic mass is 16.5. The molecule has 2 rings (SSSR count). The van der Waals surface area contributed by atoms with Crippen LogP contribution in [0.5, 0.6) is 5.88 Å². The van der Waals surface area contributed by atoms with Gasteiger partial charge in [0.15, 0.2) is 0 Å². The molecule has 1 aromatic rings. The molecule has 1 aliphatic rings. The van der Waals surface area contributed by atoms with Crippen LogP contribution in [0.3, 0.4) is 0 Å². The molecule has 0 aliphatic carbocycles. The van der Waals surface area contributed by atoms with Crippen LogP contribution < -0.4 is 10.1 Å². The smallest absolute Gasteiger partial charge is 0.213 e. The first-order valence-electron chi connectivity index (χ1n) is 4.60. The van der Waals surface area contributed by atoms with Crippen LogP contribution in [0.1, 0.15) is 19.0 Å². The van der Waals surface area contributed by atoms with Crippen LogP contribution in [0.4, 0.5) is 5.69 Å². The Bertz CT molecular complexity index is 312. The van der Waals surface area contributed by atoms with Crippen molar-refractivity contribution in [1.82, 2.24) is 4.98 Å².